The number of halogens is 1. The summed E-state index contributed by atoms with van der Waals surface area (Å²) in [5, 5.41) is 16.4. The van der Waals surface area contributed by atoms with Crippen molar-refractivity contribution in [2.45, 2.75) is 78.2 Å². The van der Waals surface area contributed by atoms with Crippen molar-refractivity contribution in [2.75, 3.05) is 38.2 Å². The number of primary amides is 1. The highest BCUT2D eigenvalue weighted by molar-refractivity contribution is 5.99. The Hall–Kier alpha value is -5.17. The third-order valence-corrected chi connectivity index (χ3v) is 11.1. The van der Waals surface area contributed by atoms with E-state index in [-0.39, 0.29) is 36.4 Å². The standard InChI is InChI=1S/C44H53FN8O3/c1-3-40-38(41(50-35-15-19-56-20-16-35)37-26-49-53(4-2)43(37)51-40)28-52(44(55)34-10-6-9-33(23-34)42(46)54)27-31-11-12-39(45)36(22-31)32-8-5-7-30(21-32)25-48-24-29-13-17-47-18-14-29/h5-12,21-23,26,29,35,47-48H,3-4,13-20,24-25,27-28H2,1-2H3,(H2,46,54)(H,50,51). The zero-order valence-corrected chi connectivity index (χ0v) is 32.5. The number of hydrogen-bond acceptors (Lipinski definition) is 8. The molecule has 7 rings (SSSR count). The molecule has 4 heterocycles. The molecule has 2 fully saturated rings. The second-order valence-corrected chi connectivity index (χ2v) is 14.9. The monoisotopic (exact) mass is 760 g/mol. The molecule has 2 saturated heterocycles. The van der Waals surface area contributed by atoms with E-state index < -0.39 is 5.91 Å². The summed E-state index contributed by atoms with van der Waals surface area (Å²) in [5.74, 6) is -0.577. The summed E-state index contributed by atoms with van der Waals surface area (Å²) in [7, 11) is 0. The molecule has 2 aromatic heterocycles. The molecule has 0 bridgehead atoms. The van der Waals surface area contributed by atoms with E-state index in [4.69, 9.17) is 15.5 Å². The van der Waals surface area contributed by atoms with Crippen LogP contribution in [0.15, 0.2) is 72.9 Å². The number of anilines is 1. The summed E-state index contributed by atoms with van der Waals surface area (Å²) in [5.41, 5.74) is 12.8. The number of nitrogens with zero attached hydrogens (tertiary/aromatic N) is 4. The first-order valence-corrected chi connectivity index (χ1v) is 20.0. The number of fused-ring (bicyclic) bond motifs is 1. The van der Waals surface area contributed by atoms with Crippen LogP contribution >= 0.6 is 0 Å². The summed E-state index contributed by atoms with van der Waals surface area (Å²) in [4.78, 5) is 33.7. The Labute approximate surface area is 328 Å². The normalized spacial score (nSPS) is 15.3. The molecule has 56 heavy (non-hydrogen) atoms. The van der Waals surface area contributed by atoms with Gasteiger partial charge < -0.3 is 31.3 Å². The number of hydrogen-bond donors (Lipinski definition) is 4. The van der Waals surface area contributed by atoms with E-state index in [1.807, 2.05) is 42.1 Å². The molecule has 2 aliphatic heterocycles. The lowest BCUT2D eigenvalue weighted by atomic mass is 9.97. The predicted octanol–water partition coefficient (Wildman–Crippen LogP) is 6.44. The van der Waals surface area contributed by atoms with Gasteiger partial charge in [0.15, 0.2) is 5.65 Å². The third-order valence-electron chi connectivity index (χ3n) is 11.1. The van der Waals surface area contributed by atoms with Gasteiger partial charge in [0.25, 0.3) is 5.91 Å². The molecule has 11 nitrogen and oxygen atoms in total. The Balaban J connectivity index is 1.23. The van der Waals surface area contributed by atoms with Crippen molar-refractivity contribution in [3.63, 3.8) is 0 Å². The summed E-state index contributed by atoms with van der Waals surface area (Å²) in [6.45, 7) is 10.3. The van der Waals surface area contributed by atoms with Gasteiger partial charge in [0.2, 0.25) is 5.91 Å². The van der Waals surface area contributed by atoms with E-state index >= 15 is 4.39 Å². The van der Waals surface area contributed by atoms with Crippen molar-refractivity contribution < 1.29 is 18.7 Å². The van der Waals surface area contributed by atoms with Crippen molar-refractivity contribution in [1.82, 2.24) is 30.3 Å². The Kier molecular flexibility index (Phi) is 12.7. The minimum Gasteiger partial charge on any atom is -0.381 e. The zero-order chi connectivity index (χ0) is 39.0. The number of amides is 2. The van der Waals surface area contributed by atoms with Gasteiger partial charge in [-0.2, -0.15) is 5.10 Å². The zero-order valence-electron chi connectivity index (χ0n) is 32.5. The van der Waals surface area contributed by atoms with Gasteiger partial charge in [-0.15, -0.1) is 0 Å². The van der Waals surface area contributed by atoms with Gasteiger partial charge in [-0.3, -0.25) is 9.59 Å². The molecule has 2 amide bonds. The fourth-order valence-corrected chi connectivity index (χ4v) is 7.93. The maximum absolute atomic E-state index is 15.7. The quantitative estimate of drug-likeness (QED) is 0.0957. The number of benzene rings is 3. The number of aryl methyl sites for hydroxylation is 2. The third kappa shape index (κ3) is 9.09. The summed E-state index contributed by atoms with van der Waals surface area (Å²) >= 11 is 0. The molecule has 5 N–H and O–H groups in total. The maximum Gasteiger partial charge on any atom is 0.254 e. The molecule has 294 valence electrons. The average molecular weight is 761 g/mol. The van der Waals surface area contributed by atoms with Crippen molar-refractivity contribution in [1.29, 1.82) is 0 Å². The lowest BCUT2D eigenvalue weighted by molar-refractivity contribution is 0.0729. The Morgan fingerprint density at radius 3 is 2.52 bits per heavy atom. The first-order chi connectivity index (χ1) is 27.3. The van der Waals surface area contributed by atoms with Crippen molar-refractivity contribution in [2.24, 2.45) is 11.7 Å². The Morgan fingerprint density at radius 2 is 1.75 bits per heavy atom. The molecular formula is C44H53FN8O3. The van der Waals surface area contributed by atoms with Crippen LogP contribution < -0.4 is 21.7 Å². The van der Waals surface area contributed by atoms with Crippen LogP contribution in [0.2, 0.25) is 0 Å². The molecule has 5 aromatic rings. The second-order valence-electron chi connectivity index (χ2n) is 14.9. The van der Waals surface area contributed by atoms with Crippen LogP contribution in [-0.4, -0.2) is 70.4 Å². The first kappa shape index (κ1) is 39.1. The number of aromatic nitrogens is 3. The Morgan fingerprint density at radius 1 is 0.964 bits per heavy atom. The number of rotatable bonds is 15. The smallest absolute Gasteiger partial charge is 0.254 e. The van der Waals surface area contributed by atoms with E-state index in [0.717, 1.165) is 77.1 Å². The number of ether oxygens (including phenoxy) is 1. The van der Waals surface area contributed by atoms with E-state index in [2.05, 4.69) is 34.0 Å². The largest absolute Gasteiger partial charge is 0.381 e. The number of pyridine rings is 1. The minimum absolute atomic E-state index is 0.175. The number of carbonyl (C=O) groups excluding carboxylic acids is 2. The SMILES string of the molecule is CCc1nc2c(cnn2CC)c(NC2CCOCC2)c1CN(Cc1ccc(F)c(-c2cccc(CNCC3CCNCC3)c2)c1)C(=O)c1cccc(C(N)=O)c1. The molecule has 12 heteroatoms. The molecular weight excluding hydrogens is 708 g/mol. The topological polar surface area (TPSA) is 139 Å². The van der Waals surface area contributed by atoms with Gasteiger partial charge in [0.05, 0.1) is 23.8 Å². The number of nitrogens with one attached hydrogen (secondary N) is 3. The first-order valence-electron chi connectivity index (χ1n) is 20.0. The fourth-order valence-electron chi connectivity index (χ4n) is 7.93. The van der Waals surface area contributed by atoms with Crippen LogP contribution in [0.4, 0.5) is 10.1 Å². The van der Waals surface area contributed by atoms with Gasteiger partial charge in [-0.25, -0.2) is 14.1 Å². The van der Waals surface area contributed by atoms with Gasteiger partial charge in [0.1, 0.15) is 5.82 Å². The number of nitrogens with two attached hydrogens (primary N) is 1. The second kappa shape index (κ2) is 18.2. The maximum atomic E-state index is 15.7. The number of piperidine rings is 1. The van der Waals surface area contributed by atoms with Crippen LogP contribution in [0.3, 0.4) is 0 Å². The van der Waals surface area contributed by atoms with E-state index in [9.17, 15) is 9.59 Å². The summed E-state index contributed by atoms with van der Waals surface area (Å²) < 4.78 is 23.2. The minimum atomic E-state index is -0.614. The Bertz CT molecular complexity index is 2160. The molecule has 0 radical (unpaired) electrons. The highest BCUT2D eigenvalue weighted by Crippen LogP contribution is 2.34. The molecule has 0 saturated carbocycles. The van der Waals surface area contributed by atoms with Gasteiger partial charge in [0, 0.05) is 66.8 Å². The molecule has 0 unspecified atom stereocenters. The molecule has 0 atom stereocenters. The van der Waals surface area contributed by atoms with Crippen molar-refractivity contribution in [3.8, 4) is 11.1 Å². The molecule has 0 aliphatic carbocycles. The highest BCUT2D eigenvalue weighted by Gasteiger charge is 2.26. The lowest BCUT2D eigenvalue weighted by Crippen LogP contribution is -2.33. The van der Waals surface area contributed by atoms with E-state index in [0.29, 0.717) is 49.8 Å². The van der Waals surface area contributed by atoms with Crippen molar-refractivity contribution >= 4 is 28.5 Å². The van der Waals surface area contributed by atoms with Crippen molar-refractivity contribution in [3.05, 3.63) is 112 Å². The van der Waals surface area contributed by atoms with Gasteiger partial charge >= 0.3 is 0 Å². The summed E-state index contributed by atoms with van der Waals surface area (Å²) in [6, 6.07) is 19.7. The van der Waals surface area contributed by atoms with Crippen LogP contribution in [0.5, 0.6) is 0 Å². The van der Waals surface area contributed by atoms with Crippen LogP contribution in [0, 0.1) is 11.7 Å². The van der Waals surface area contributed by atoms with Crippen LogP contribution in [0.1, 0.15) is 82.6 Å². The fraction of sp³-hybridized carbons (Fsp3) is 0.409. The molecule has 3 aromatic carbocycles. The van der Waals surface area contributed by atoms with E-state index in [1.54, 1.807) is 29.2 Å². The summed E-state index contributed by atoms with van der Waals surface area (Å²) in [6.07, 6.45) is 6.52. The number of carbonyl (C=O) groups is 2. The van der Waals surface area contributed by atoms with Gasteiger partial charge in [-0.05, 0) is 118 Å². The average Bonchev–Trinajstić information content (AvgIpc) is 3.65. The van der Waals surface area contributed by atoms with Crippen LogP contribution in [0.25, 0.3) is 22.2 Å². The van der Waals surface area contributed by atoms with E-state index in [1.165, 1.54) is 25.0 Å². The molecule has 2 aliphatic rings. The van der Waals surface area contributed by atoms with Crippen LogP contribution in [-0.2, 0) is 37.3 Å². The highest BCUT2D eigenvalue weighted by atomic mass is 19.1. The predicted molar refractivity (Wildman–Crippen MR) is 218 cm³/mol. The lowest BCUT2D eigenvalue weighted by Gasteiger charge is -2.29. The van der Waals surface area contributed by atoms with Gasteiger partial charge in [-0.1, -0.05) is 37.3 Å². The molecule has 0 spiro atoms.